The molecule has 1 aromatic carbocycles. The van der Waals surface area contributed by atoms with E-state index >= 15 is 4.39 Å². The van der Waals surface area contributed by atoms with Gasteiger partial charge in [0.25, 0.3) is 0 Å². The first-order valence-electron chi connectivity index (χ1n) is 15.4. The van der Waals surface area contributed by atoms with Gasteiger partial charge in [0.2, 0.25) is 0 Å². The zero-order chi connectivity index (χ0) is 30.5. The average molecular weight is 592 g/mol. The third kappa shape index (κ3) is 6.76. The van der Waals surface area contributed by atoms with Gasteiger partial charge in [-0.25, -0.2) is 4.39 Å². The van der Waals surface area contributed by atoms with E-state index in [4.69, 9.17) is 9.41 Å². The summed E-state index contributed by atoms with van der Waals surface area (Å²) in [6, 6.07) is 4.59. The summed E-state index contributed by atoms with van der Waals surface area (Å²) in [5.41, 5.74) is 3.93. The molecule has 2 aliphatic rings. The van der Waals surface area contributed by atoms with Crippen molar-refractivity contribution >= 4 is 8.32 Å². The minimum atomic E-state index is -4.46. The van der Waals surface area contributed by atoms with Crippen LogP contribution in [0, 0.1) is 5.41 Å². The summed E-state index contributed by atoms with van der Waals surface area (Å²) in [5.74, 6) is 0.155. The van der Waals surface area contributed by atoms with Crippen LogP contribution in [-0.2, 0) is 17.0 Å². The first kappa shape index (κ1) is 32.2. The Balaban J connectivity index is 1.98. The van der Waals surface area contributed by atoms with Gasteiger partial charge in [0.05, 0.1) is 11.7 Å². The molecular formula is C34H49F4NOSi. The van der Waals surface area contributed by atoms with E-state index in [0.717, 1.165) is 73.2 Å². The second-order valence-electron chi connectivity index (χ2n) is 15.1. The van der Waals surface area contributed by atoms with Crippen molar-refractivity contribution < 1.29 is 22.0 Å². The molecule has 7 heteroatoms. The Labute approximate surface area is 245 Å². The maximum Gasteiger partial charge on any atom is 0.416 e. The number of nitrogens with zero attached hydrogens (tertiary/aromatic N) is 1. The van der Waals surface area contributed by atoms with Crippen molar-refractivity contribution in [1.29, 1.82) is 0 Å². The third-order valence-electron chi connectivity index (χ3n) is 9.72. The maximum atomic E-state index is 17.0. The highest BCUT2D eigenvalue weighted by Crippen LogP contribution is 2.53. The lowest BCUT2D eigenvalue weighted by Crippen LogP contribution is -2.44. The number of pyridine rings is 1. The van der Waals surface area contributed by atoms with Crippen molar-refractivity contribution in [2.24, 2.45) is 5.41 Å². The molecule has 1 unspecified atom stereocenters. The Hall–Kier alpha value is -1.73. The molecule has 0 saturated heterocycles. The number of alkyl halides is 4. The largest absolute Gasteiger partial charge is 0.416 e. The van der Waals surface area contributed by atoms with Crippen LogP contribution in [-0.4, -0.2) is 13.3 Å². The highest BCUT2D eigenvalue weighted by atomic mass is 28.4. The number of hydrogen-bond acceptors (Lipinski definition) is 2. The smallest absolute Gasteiger partial charge is 0.410 e. The van der Waals surface area contributed by atoms with Crippen LogP contribution in [0.15, 0.2) is 24.3 Å². The fourth-order valence-electron chi connectivity index (χ4n) is 6.51. The fraction of sp³-hybridized carbons (Fsp3) is 0.676. The monoisotopic (exact) mass is 591 g/mol. The van der Waals surface area contributed by atoms with Crippen molar-refractivity contribution in [2.45, 2.75) is 142 Å². The van der Waals surface area contributed by atoms with Crippen molar-refractivity contribution in [3.8, 4) is 0 Å². The van der Waals surface area contributed by atoms with Crippen molar-refractivity contribution in [2.75, 3.05) is 0 Å². The molecule has 2 atom stereocenters. The van der Waals surface area contributed by atoms with Gasteiger partial charge in [-0.15, -0.1) is 0 Å². The van der Waals surface area contributed by atoms with Gasteiger partial charge in [0.1, 0.15) is 0 Å². The lowest BCUT2D eigenvalue weighted by molar-refractivity contribution is -0.137. The van der Waals surface area contributed by atoms with Crippen LogP contribution >= 0.6 is 0 Å². The lowest BCUT2D eigenvalue weighted by Gasteiger charge is -2.46. The van der Waals surface area contributed by atoms with Crippen molar-refractivity contribution in [3.05, 3.63) is 63.5 Å². The molecule has 0 N–H and O–H groups in total. The van der Waals surface area contributed by atoms with Crippen molar-refractivity contribution in [1.82, 2.24) is 4.98 Å². The number of fused-ring (bicyclic) bond motifs is 1. The van der Waals surface area contributed by atoms with Crippen LogP contribution in [0.2, 0.25) is 18.1 Å². The van der Waals surface area contributed by atoms with E-state index in [0.29, 0.717) is 5.56 Å². The number of benzene rings is 1. The number of halogens is 4. The summed E-state index contributed by atoms with van der Waals surface area (Å²) in [4.78, 5) is 5.23. The summed E-state index contributed by atoms with van der Waals surface area (Å²) in [5, 5.41) is 0.0107. The second kappa shape index (κ2) is 11.4. The minimum Gasteiger partial charge on any atom is -0.410 e. The van der Waals surface area contributed by atoms with E-state index in [9.17, 15) is 13.2 Å². The first-order chi connectivity index (χ1) is 18.8. The summed E-state index contributed by atoms with van der Waals surface area (Å²) in [6.45, 7) is 19.9. The molecule has 2 nitrogen and oxygen atoms in total. The summed E-state index contributed by atoms with van der Waals surface area (Å²) in [6.07, 6.45) is 0.756. The van der Waals surface area contributed by atoms with Gasteiger partial charge in [-0.3, -0.25) is 4.98 Å². The molecule has 0 spiro atoms. The second-order valence-corrected chi connectivity index (χ2v) is 19.8. The third-order valence-corrected chi connectivity index (χ3v) is 14.2. The number of aromatic nitrogens is 1. The normalized spacial score (nSPS) is 21.2. The van der Waals surface area contributed by atoms with E-state index in [1.54, 1.807) is 0 Å². The predicted octanol–water partition coefficient (Wildman–Crippen LogP) is 11.4. The molecule has 2 aromatic rings. The molecule has 1 heterocycles. The fourth-order valence-corrected chi connectivity index (χ4v) is 7.77. The van der Waals surface area contributed by atoms with E-state index in [1.165, 1.54) is 18.6 Å². The summed E-state index contributed by atoms with van der Waals surface area (Å²) >= 11 is 0. The van der Waals surface area contributed by atoms with Gasteiger partial charge < -0.3 is 4.43 Å². The zero-order valence-electron chi connectivity index (χ0n) is 26.4. The van der Waals surface area contributed by atoms with E-state index in [1.807, 2.05) is 13.8 Å². The van der Waals surface area contributed by atoms with Crippen LogP contribution in [0.4, 0.5) is 17.6 Å². The van der Waals surface area contributed by atoms with Crippen LogP contribution < -0.4 is 0 Å². The van der Waals surface area contributed by atoms with Crippen molar-refractivity contribution in [3.63, 3.8) is 0 Å². The zero-order valence-corrected chi connectivity index (χ0v) is 27.4. The Morgan fingerprint density at radius 1 is 0.951 bits per heavy atom. The number of hydrogen-bond donors (Lipinski definition) is 0. The van der Waals surface area contributed by atoms with Crippen LogP contribution in [0.3, 0.4) is 0 Å². The van der Waals surface area contributed by atoms with Crippen LogP contribution in [0.5, 0.6) is 0 Å². The van der Waals surface area contributed by atoms with Gasteiger partial charge in [0.15, 0.2) is 14.5 Å². The SMILES string of the molecule is CC(C)c1nc2c(c(C3CCCCC3)c1C(F)c1ccc(C(F)(F)F)cc1)[C@@H](O[Si](C)(C)C(C)(C)C)CC(C)(C)C2. The molecular weight excluding hydrogens is 542 g/mol. The molecule has 4 rings (SSSR count). The van der Waals surface area contributed by atoms with Gasteiger partial charge in [0, 0.05) is 22.5 Å². The molecule has 0 radical (unpaired) electrons. The molecule has 2 aliphatic carbocycles. The highest BCUT2D eigenvalue weighted by Gasteiger charge is 2.45. The van der Waals surface area contributed by atoms with Crippen LogP contribution in [0.25, 0.3) is 0 Å². The Morgan fingerprint density at radius 3 is 2.05 bits per heavy atom. The quantitative estimate of drug-likeness (QED) is 0.246. The average Bonchev–Trinajstić information content (AvgIpc) is 2.85. The number of rotatable bonds is 6. The lowest BCUT2D eigenvalue weighted by atomic mass is 9.69. The Bertz CT molecular complexity index is 1220. The van der Waals surface area contributed by atoms with Gasteiger partial charge in [-0.1, -0.05) is 79.9 Å². The molecule has 0 amide bonds. The molecule has 1 aromatic heterocycles. The van der Waals surface area contributed by atoms with E-state index in [2.05, 4.69) is 47.7 Å². The topological polar surface area (TPSA) is 22.1 Å². The minimum absolute atomic E-state index is 0.0107. The van der Waals surface area contributed by atoms with Gasteiger partial charge >= 0.3 is 6.18 Å². The highest BCUT2D eigenvalue weighted by molar-refractivity contribution is 6.74. The molecule has 41 heavy (non-hydrogen) atoms. The molecule has 228 valence electrons. The standard InChI is InChI=1S/C34H49F4NOSi/c1-21(2)31-29(30(35)23-15-17-24(18-16-23)34(36,37)38)27(22-13-11-10-12-14-22)28-25(39-31)19-33(6,7)20-26(28)40-41(8,9)32(3,4)5/h15-18,21-22,26,30H,10-14,19-20H2,1-9H3/t26-,30?/m0/s1. The van der Waals surface area contributed by atoms with E-state index < -0.39 is 26.2 Å². The van der Waals surface area contributed by atoms with Gasteiger partial charge in [-0.05, 0) is 84.3 Å². The summed E-state index contributed by atoms with van der Waals surface area (Å²) in [7, 11) is -2.19. The predicted molar refractivity (Wildman–Crippen MR) is 162 cm³/mol. The molecule has 1 fully saturated rings. The Kier molecular flexibility index (Phi) is 8.95. The maximum absolute atomic E-state index is 17.0. The van der Waals surface area contributed by atoms with E-state index in [-0.39, 0.29) is 34.0 Å². The molecule has 0 aliphatic heterocycles. The summed E-state index contributed by atoms with van der Waals surface area (Å²) < 4.78 is 64.1. The molecule has 1 saturated carbocycles. The molecule has 0 bridgehead atoms. The van der Waals surface area contributed by atoms with Gasteiger partial charge in [-0.2, -0.15) is 13.2 Å². The first-order valence-corrected chi connectivity index (χ1v) is 18.3. The van der Waals surface area contributed by atoms with Crippen LogP contribution in [0.1, 0.15) is 150 Å². The Morgan fingerprint density at radius 2 is 1.54 bits per heavy atom.